The number of phenolic OH excluding ortho intramolecular Hbond substituents is 1. The molecule has 0 saturated heterocycles. The molecule has 2 N–H and O–H groups in total. The van der Waals surface area contributed by atoms with Gasteiger partial charge in [0.25, 0.3) is 0 Å². The molecule has 4 heteroatoms. The first kappa shape index (κ1) is 16.2. The number of allylic oxidation sites excluding steroid dienone is 2. The quantitative estimate of drug-likeness (QED) is 0.834. The number of rotatable bonds is 2. The largest absolute Gasteiger partial charge is 0.508 e. The summed E-state index contributed by atoms with van der Waals surface area (Å²) in [5.74, 6) is -0.179. The second-order valence-electron chi connectivity index (χ2n) is 6.81. The standard InChI is InChI=1S/C19H22F2O2/c1-12-4-6-13(7-5-12)14-8-9-17(22)15(11-14)19(21)10-2-3-16(20)18(19)23/h2-3,8-13,18,22-23H,4-7H2,1H3. The zero-order valence-electron chi connectivity index (χ0n) is 13.2. The molecule has 0 heterocycles. The fourth-order valence-corrected chi connectivity index (χ4v) is 3.61. The number of alkyl halides is 1. The molecule has 1 aromatic carbocycles. The third-order valence-corrected chi connectivity index (χ3v) is 5.17. The maximum atomic E-state index is 15.2. The summed E-state index contributed by atoms with van der Waals surface area (Å²) in [6, 6.07) is 4.83. The molecule has 2 nitrogen and oxygen atoms in total. The summed E-state index contributed by atoms with van der Waals surface area (Å²) in [5, 5.41) is 20.0. The summed E-state index contributed by atoms with van der Waals surface area (Å²) in [7, 11) is 0. The van der Waals surface area contributed by atoms with E-state index >= 15 is 4.39 Å². The topological polar surface area (TPSA) is 40.5 Å². The predicted molar refractivity (Wildman–Crippen MR) is 85.6 cm³/mol. The monoisotopic (exact) mass is 320 g/mol. The van der Waals surface area contributed by atoms with E-state index in [1.54, 1.807) is 12.1 Å². The molecule has 1 fully saturated rings. The van der Waals surface area contributed by atoms with Gasteiger partial charge in [0.15, 0.2) is 5.67 Å². The van der Waals surface area contributed by atoms with Crippen LogP contribution in [-0.4, -0.2) is 16.3 Å². The van der Waals surface area contributed by atoms with Crippen LogP contribution in [0, 0.1) is 5.92 Å². The molecular formula is C19H22F2O2. The Morgan fingerprint density at radius 2 is 1.87 bits per heavy atom. The van der Waals surface area contributed by atoms with Crippen molar-refractivity contribution in [2.24, 2.45) is 5.92 Å². The molecule has 0 aromatic heterocycles. The van der Waals surface area contributed by atoms with Crippen LogP contribution in [0.1, 0.15) is 49.7 Å². The van der Waals surface area contributed by atoms with Crippen molar-refractivity contribution in [3.05, 3.63) is 53.4 Å². The van der Waals surface area contributed by atoms with E-state index < -0.39 is 17.6 Å². The van der Waals surface area contributed by atoms with Gasteiger partial charge >= 0.3 is 0 Å². The molecular weight excluding hydrogens is 298 g/mol. The van der Waals surface area contributed by atoms with Crippen molar-refractivity contribution in [2.45, 2.75) is 50.3 Å². The Labute approximate surface area is 135 Å². The lowest BCUT2D eigenvalue weighted by Gasteiger charge is -2.31. The lowest BCUT2D eigenvalue weighted by Crippen LogP contribution is -2.35. The SMILES string of the molecule is CC1CCC(c2ccc(O)c(C3(F)C=CC=C(F)C3O)c2)CC1. The van der Waals surface area contributed by atoms with Crippen molar-refractivity contribution in [1.82, 2.24) is 0 Å². The molecule has 1 saturated carbocycles. The maximum absolute atomic E-state index is 15.2. The molecule has 3 rings (SSSR count). The fourth-order valence-electron chi connectivity index (χ4n) is 3.61. The fraction of sp³-hybridized carbons (Fsp3) is 0.474. The van der Waals surface area contributed by atoms with E-state index in [0.29, 0.717) is 11.8 Å². The summed E-state index contributed by atoms with van der Waals surface area (Å²) in [6.45, 7) is 2.23. The van der Waals surface area contributed by atoms with E-state index in [1.165, 1.54) is 12.1 Å². The predicted octanol–water partition coefficient (Wildman–Crippen LogP) is 4.63. The minimum Gasteiger partial charge on any atom is -0.508 e. The molecule has 2 aliphatic carbocycles. The zero-order valence-corrected chi connectivity index (χ0v) is 13.2. The molecule has 0 amide bonds. The Morgan fingerprint density at radius 3 is 2.57 bits per heavy atom. The third-order valence-electron chi connectivity index (χ3n) is 5.17. The van der Waals surface area contributed by atoms with Crippen LogP contribution in [0.3, 0.4) is 0 Å². The van der Waals surface area contributed by atoms with Crippen LogP contribution in [0.25, 0.3) is 0 Å². The molecule has 0 aliphatic heterocycles. The first-order chi connectivity index (χ1) is 10.9. The summed E-state index contributed by atoms with van der Waals surface area (Å²) in [5.41, 5.74) is -1.57. The number of phenols is 1. The Bertz CT molecular complexity index is 645. The molecule has 2 unspecified atom stereocenters. The van der Waals surface area contributed by atoms with Gasteiger partial charge in [-0.05, 0) is 54.5 Å². The van der Waals surface area contributed by atoms with Gasteiger partial charge in [0, 0.05) is 5.56 Å². The van der Waals surface area contributed by atoms with Gasteiger partial charge in [0.2, 0.25) is 0 Å². The number of halogens is 2. The van der Waals surface area contributed by atoms with Gasteiger partial charge in [-0.2, -0.15) is 0 Å². The normalized spacial score (nSPS) is 34.3. The van der Waals surface area contributed by atoms with Crippen LogP contribution in [-0.2, 0) is 5.67 Å². The van der Waals surface area contributed by atoms with Gasteiger partial charge in [-0.1, -0.05) is 31.9 Å². The molecule has 2 atom stereocenters. The number of hydrogen-bond donors (Lipinski definition) is 2. The second kappa shape index (κ2) is 6.08. The van der Waals surface area contributed by atoms with Gasteiger partial charge in [-0.15, -0.1) is 0 Å². The molecule has 1 aromatic rings. The van der Waals surface area contributed by atoms with E-state index in [-0.39, 0.29) is 11.3 Å². The van der Waals surface area contributed by atoms with Gasteiger partial charge in [0.05, 0.1) is 0 Å². The Hall–Kier alpha value is -1.68. The smallest absolute Gasteiger partial charge is 0.190 e. The first-order valence-electron chi connectivity index (χ1n) is 8.17. The highest BCUT2D eigenvalue weighted by molar-refractivity contribution is 5.47. The maximum Gasteiger partial charge on any atom is 0.190 e. The van der Waals surface area contributed by atoms with Gasteiger partial charge in [0.1, 0.15) is 17.7 Å². The molecule has 23 heavy (non-hydrogen) atoms. The lowest BCUT2D eigenvalue weighted by atomic mass is 9.77. The number of benzene rings is 1. The van der Waals surface area contributed by atoms with E-state index in [0.717, 1.165) is 43.4 Å². The van der Waals surface area contributed by atoms with Gasteiger partial charge in [-0.25, -0.2) is 8.78 Å². The third kappa shape index (κ3) is 2.92. The number of hydrogen-bond acceptors (Lipinski definition) is 2. The van der Waals surface area contributed by atoms with E-state index in [2.05, 4.69) is 6.92 Å². The highest BCUT2D eigenvalue weighted by atomic mass is 19.2. The Kier molecular flexibility index (Phi) is 4.28. The van der Waals surface area contributed by atoms with Crippen LogP contribution in [0.2, 0.25) is 0 Å². The number of aromatic hydroxyl groups is 1. The minimum atomic E-state index is -2.44. The van der Waals surface area contributed by atoms with Crippen molar-refractivity contribution in [3.8, 4) is 5.75 Å². The van der Waals surface area contributed by atoms with Crippen molar-refractivity contribution in [2.75, 3.05) is 0 Å². The highest BCUT2D eigenvalue weighted by Crippen LogP contribution is 2.44. The molecule has 0 bridgehead atoms. The number of aliphatic hydroxyl groups excluding tert-OH is 1. The van der Waals surface area contributed by atoms with Crippen LogP contribution in [0.4, 0.5) is 8.78 Å². The number of aliphatic hydroxyl groups is 1. The van der Waals surface area contributed by atoms with Crippen LogP contribution >= 0.6 is 0 Å². The van der Waals surface area contributed by atoms with Crippen LogP contribution in [0.5, 0.6) is 5.75 Å². The second-order valence-corrected chi connectivity index (χ2v) is 6.81. The van der Waals surface area contributed by atoms with E-state index in [4.69, 9.17) is 0 Å². The Balaban J connectivity index is 1.95. The summed E-state index contributed by atoms with van der Waals surface area (Å²) in [4.78, 5) is 0. The molecule has 2 aliphatic rings. The average molecular weight is 320 g/mol. The molecule has 124 valence electrons. The van der Waals surface area contributed by atoms with Gasteiger partial charge in [-0.3, -0.25) is 0 Å². The highest BCUT2D eigenvalue weighted by Gasteiger charge is 2.44. The Morgan fingerprint density at radius 1 is 1.17 bits per heavy atom. The lowest BCUT2D eigenvalue weighted by molar-refractivity contribution is 0.0296. The minimum absolute atomic E-state index is 0.0689. The summed E-state index contributed by atoms with van der Waals surface area (Å²) in [6.07, 6.45) is 5.74. The van der Waals surface area contributed by atoms with Crippen molar-refractivity contribution >= 4 is 0 Å². The average Bonchev–Trinajstić information content (AvgIpc) is 2.54. The molecule has 0 spiro atoms. The first-order valence-corrected chi connectivity index (χ1v) is 8.17. The summed E-state index contributed by atoms with van der Waals surface area (Å²) < 4.78 is 28.9. The zero-order chi connectivity index (χ0) is 16.6. The van der Waals surface area contributed by atoms with Crippen LogP contribution in [0.15, 0.2) is 42.3 Å². The van der Waals surface area contributed by atoms with Crippen molar-refractivity contribution in [3.63, 3.8) is 0 Å². The van der Waals surface area contributed by atoms with Crippen LogP contribution < -0.4 is 0 Å². The van der Waals surface area contributed by atoms with Gasteiger partial charge < -0.3 is 10.2 Å². The van der Waals surface area contributed by atoms with E-state index in [1.807, 2.05) is 0 Å². The van der Waals surface area contributed by atoms with E-state index in [9.17, 15) is 14.6 Å². The van der Waals surface area contributed by atoms with Crippen molar-refractivity contribution in [1.29, 1.82) is 0 Å². The molecule has 0 radical (unpaired) electrons. The van der Waals surface area contributed by atoms with Crippen molar-refractivity contribution < 1.29 is 19.0 Å². The summed E-state index contributed by atoms with van der Waals surface area (Å²) >= 11 is 0.